The topological polar surface area (TPSA) is 29.1 Å². The zero-order valence-electron chi connectivity index (χ0n) is 12.0. The van der Waals surface area contributed by atoms with E-state index in [2.05, 4.69) is 5.32 Å². The lowest BCUT2D eigenvalue weighted by Gasteiger charge is -2.14. The third-order valence-electron chi connectivity index (χ3n) is 3.39. The van der Waals surface area contributed by atoms with Crippen molar-refractivity contribution in [1.82, 2.24) is 5.32 Å². The molecule has 2 nitrogen and oxygen atoms in total. The number of nitrogens with one attached hydrogen (secondary N) is 1. The number of halogens is 3. The van der Waals surface area contributed by atoms with Gasteiger partial charge in [-0.3, -0.25) is 4.79 Å². The van der Waals surface area contributed by atoms with Gasteiger partial charge in [-0.15, -0.1) is 0 Å². The average molecular weight is 307 g/mol. The van der Waals surface area contributed by atoms with Crippen molar-refractivity contribution < 1.29 is 18.0 Å². The van der Waals surface area contributed by atoms with Gasteiger partial charge >= 0.3 is 6.18 Å². The molecule has 116 valence electrons. The van der Waals surface area contributed by atoms with Crippen LogP contribution in [0, 0.1) is 0 Å². The molecule has 2 aromatic rings. The Kier molecular flexibility index (Phi) is 4.85. The lowest BCUT2D eigenvalue weighted by atomic mass is 10.0. The van der Waals surface area contributed by atoms with E-state index in [1.165, 1.54) is 12.1 Å². The molecule has 1 atom stereocenters. The summed E-state index contributed by atoms with van der Waals surface area (Å²) in [6, 6.07) is 14.0. The third-order valence-corrected chi connectivity index (χ3v) is 3.39. The maximum Gasteiger partial charge on any atom is 0.416 e. The minimum Gasteiger partial charge on any atom is -0.351 e. The van der Waals surface area contributed by atoms with Gasteiger partial charge in [0.2, 0.25) is 0 Å². The van der Waals surface area contributed by atoms with Crippen molar-refractivity contribution in [2.24, 2.45) is 0 Å². The Balaban J connectivity index is 2.01. The summed E-state index contributed by atoms with van der Waals surface area (Å²) in [4.78, 5) is 12.0. The fourth-order valence-corrected chi connectivity index (χ4v) is 2.08. The van der Waals surface area contributed by atoms with E-state index in [9.17, 15) is 18.0 Å². The van der Waals surface area contributed by atoms with Crippen LogP contribution in [0.1, 0.15) is 34.3 Å². The van der Waals surface area contributed by atoms with Gasteiger partial charge in [-0.05, 0) is 29.7 Å². The number of carbonyl (C=O) groups excluding carboxylic acids is 1. The van der Waals surface area contributed by atoms with E-state index in [1.807, 2.05) is 37.3 Å². The molecule has 0 spiro atoms. The molecular weight excluding hydrogens is 291 g/mol. The molecule has 0 radical (unpaired) electrons. The van der Waals surface area contributed by atoms with Crippen LogP contribution in [0.2, 0.25) is 0 Å². The number of carbonyl (C=O) groups is 1. The van der Waals surface area contributed by atoms with Gasteiger partial charge in [-0.2, -0.15) is 13.2 Å². The van der Waals surface area contributed by atoms with Gasteiger partial charge in [-0.25, -0.2) is 0 Å². The Hall–Kier alpha value is -2.30. The molecule has 0 aliphatic carbocycles. The lowest BCUT2D eigenvalue weighted by Crippen LogP contribution is -2.27. The Morgan fingerprint density at radius 3 is 2.41 bits per heavy atom. The maximum atomic E-state index is 12.6. The highest BCUT2D eigenvalue weighted by Crippen LogP contribution is 2.29. The van der Waals surface area contributed by atoms with Crippen molar-refractivity contribution in [1.29, 1.82) is 0 Å². The van der Waals surface area contributed by atoms with E-state index in [0.29, 0.717) is 6.54 Å². The Morgan fingerprint density at radius 2 is 1.77 bits per heavy atom. The number of alkyl halides is 3. The third kappa shape index (κ3) is 4.10. The molecule has 0 aliphatic rings. The van der Waals surface area contributed by atoms with Gasteiger partial charge in [-0.1, -0.05) is 43.3 Å². The summed E-state index contributed by atoms with van der Waals surface area (Å²) in [6.07, 6.45) is -4.45. The van der Waals surface area contributed by atoms with Crippen LogP contribution in [0.5, 0.6) is 0 Å². The van der Waals surface area contributed by atoms with Crippen LogP contribution in [0.3, 0.4) is 0 Å². The van der Waals surface area contributed by atoms with Crippen molar-refractivity contribution in [3.63, 3.8) is 0 Å². The molecule has 0 fully saturated rings. The minimum atomic E-state index is -4.45. The van der Waals surface area contributed by atoms with Gasteiger partial charge in [0, 0.05) is 12.1 Å². The van der Waals surface area contributed by atoms with E-state index in [0.717, 1.165) is 17.7 Å². The highest BCUT2D eigenvalue weighted by Gasteiger charge is 2.30. The summed E-state index contributed by atoms with van der Waals surface area (Å²) in [6.45, 7) is 2.31. The van der Waals surface area contributed by atoms with Gasteiger partial charge in [0.25, 0.3) is 5.91 Å². The average Bonchev–Trinajstić information content (AvgIpc) is 2.52. The van der Waals surface area contributed by atoms with Crippen LogP contribution >= 0.6 is 0 Å². The van der Waals surface area contributed by atoms with E-state index in [-0.39, 0.29) is 11.5 Å². The molecule has 1 unspecified atom stereocenters. The molecule has 5 heteroatoms. The van der Waals surface area contributed by atoms with Crippen molar-refractivity contribution in [2.75, 3.05) is 6.54 Å². The first kappa shape index (κ1) is 16.1. The Bertz CT molecular complexity index is 638. The van der Waals surface area contributed by atoms with E-state index in [4.69, 9.17) is 0 Å². The highest BCUT2D eigenvalue weighted by molar-refractivity contribution is 5.94. The number of hydrogen-bond donors (Lipinski definition) is 1. The van der Waals surface area contributed by atoms with Crippen LogP contribution < -0.4 is 5.32 Å². The lowest BCUT2D eigenvalue weighted by molar-refractivity contribution is -0.137. The summed E-state index contributed by atoms with van der Waals surface area (Å²) in [7, 11) is 0. The maximum absolute atomic E-state index is 12.6. The van der Waals surface area contributed by atoms with Crippen LogP contribution in [0.15, 0.2) is 54.6 Å². The summed E-state index contributed by atoms with van der Waals surface area (Å²) in [5.74, 6) is -0.426. The second-order valence-electron chi connectivity index (χ2n) is 5.10. The molecule has 0 heterocycles. The van der Waals surface area contributed by atoms with Crippen molar-refractivity contribution in [2.45, 2.75) is 19.0 Å². The fraction of sp³-hybridized carbons (Fsp3) is 0.235. The first-order valence-corrected chi connectivity index (χ1v) is 6.88. The van der Waals surface area contributed by atoms with Crippen molar-refractivity contribution >= 4 is 5.91 Å². The minimum absolute atomic E-state index is 0.00934. The monoisotopic (exact) mass is 307 g/mol. The summed E-state index contributed by atoms with van der Waals surface area (Å²) < 4.78 is 37.9. The SMILES string of the molecule is CC(CNC(=O)c1cccc(C(F)(F)F)c1)c1ccccc1. The number of amides is 1. The van der Waals surface area contributed by atoms with Crippen LogP contribution in [-0.4, -0.2) is 12.5 Å². The predicted molar refractivity (Wildman–Crippen MR) is 78.6 cm³/mol. The predicted octanol–water partition coefficient (Wildman–Crippen LogP) is 4.24. The molecule has 0 saturated heterocycles. The molecule has 22 heavy (non-hydrogen) atoms. The molecular formula is C17H16F3NO. The largest absolute Gasteiger partial charge is 0.416 e. The molecule has 0 bridgehead atoms. The van der Waals surface area contributed by atoms with E-state index >= 15 is 0 Å². The van der Waals surface area contributed by atoms with E-state index in [1.54, 1.807) is 0 Å². The second kappa shape index (κ2) is 6.64. The Labute approximate surface area is 127 Å². The first-order valence-electron chi connectivity index (χ1n) is 6.88. The van der Waals surface area contributed by atoms with Crippen LogP contribution in [0.25, 0.3) is 0 Å². The van der Waals surface area contributed by atoms with Gasteiger partial charge in [0.15, 0.2) is 0 Å². The number of hydrogen-bond acceptors (Lipinski definition) is 1. The molecule has 2 rings (SSSR count). The zero-order valence-corrected chi connectivity index (χ0v) is 12.0. The molecule has 0 aliphatic heterocycles. The first-order chi connectivity index (χ1) is 10.4. The highest BCUT2D eigenvalue weighted by atomic mass is 19.4. The quantitative estimate of drug-likeness (QED) is 0.899. The summed E-state index contributed by atoms with van der Waals surface area (Å²) in [5, 5.41) is 2.67. The Morgan fingerprint density at radius 1 is 1.09 bits per heavy atom. The molecule has 1 amide bonds. The smallest absolute Gasteiger partial charge is 0.351 e. The molecule has 1 N–H and O–H groups in total. The summed E-state index contributed by atoms with van der Waals surface area (Å²) in [5.41, 5.74) is 0.248. The van der Waals surface area contributed by atoms with Gasteiger partial charge in [0.1, 0.15) is 0 Å². The molecule has 0 saturated carbocycles. The number of rotatable bonds is 4. The standard InChI is InChI=1S/C17H16F3NO/c1-12(13-6-3-2-4-7-13)11-21-16(22)14-8-5-9-15(10-14)17(18,19)20/h2-10,12H,11H2,1H3,(H,21,22). The molecule has 0 aromatic heterocycles. The van der Waals surface area contributed by atoms with Crippen molar-refractivity contribution in [3.8, 4) is 0 Å². The van der Waals surface area contributed by atoms with Gasteiger partial charge < -0.3 is 5.32 Å². The summed E-state index contributed by atoms with van der Waals surface area (Å²) >= 11 is 0. The van der Waals surface area contributed by atoms with Crippen molar-refractivity contribution in [3.05, 3.63) is 71.3 Å². The van der Waals surface area contributed by atoms with Crippen LogP contribution in [0.4, 0.5) is 13.2 Å². The fourth-order valence-electron chi connectivity index (χ4n) is 2.08. The van der Waals surface area contributed by atoms with Gasteiger partial charge in [0.05, 0.1) is 5.56 Å². The number of benzene rings is 2. The second-order valence-corrected chi connectivity index (χ2v) is 5.10. The van der Waals surface area contributed by atoms with E-state index < -0.39 is 17.6 Å². The van der Waals surface area contributed by atoms with Crippen LogP contribution in [-0.2, 0) is 6.18 Å². The normalized spacial score (nSPS) is 12.7. The molecule has 2 aromatic carbocycles. The zero-order chi connectivity index (χ0) is 16.2.